The lowest BCUT2D eigenvalue weighted by Crippen LogP contribution is -2.37. The highest BCUT2D eigenvalue weighted by Crippen LogP contribution is 2.29. The summed E-state index contributed by atoms with van der Waals surface area (Å²) >= 11 is 5.93. The minimum Gasteiger partial charge on any atom is -0.324 e. The summed E-state index contributed by atoms with van der Waals surface area (Å²) in [4.78, 5) is 29.3. The van der Waals surface area contributed by atoms with Crippen LogP contribution in [0.2, 0.25) is 5.02 Å². The van der Waals surface area contributed by atoms with E-state index < -0.39 is 29.4 Å². The van der Waals surface area contributed by atoms with Crippen molar-refractivity contribution in [3.8, 4) is 0 Å². The molecule has 1 atom stereocenters. The van der Waals surface area contributed by atoms with Crippen LogP contribution in [0.1, 0.15) is 36.2 Å². The predicted molar refractivity (Wildman–Crippen MR) is 110 cm³/mol. The zero-order valence-electron chi connectivity index (χ0n) is 16.5. The molecule has 1 N–H and O–H groups in total. The molecule has 1 amide bonds. The number of aromatic nitrogens is 2. The maximum Gasteiger partial charge on any atom is 0.438 e. The Morgan fingerprint density at radius 3 is 2.47 bits per heavy atom. The summed E-state index contributed by atoms with van der Waals surface area (Å²) < 4.78 is 41.4. The summed E-state index contributed by atoms with van der Waals surface area (Å²) in [5.74, 6) is -0.624. The molecule has 3 aromatic rings. The van der Waals surface area contributed by atoms with Gasteiger partial charge in [-0.1, -0.05) is 24.6 Å². The molecule has 30 heavy (non-hydrogen) atoms. The number of anilines is 1. The second kappa shape index (κ2) is 8.10. The largest absolute Gasteiger partial charge is 0.438 e. The number of carbonyl (C=O) groups is 1. The van der Waals surface area contributed by atoms with Crippen LogP contribution >= 0.6 is 11.6 Å². The minimum absolute atomic E-state index is 0.000898. The van der Waals surface area contributed by atoms with Crippen molar-refractivity contribution >= 4 is 34.2 Å². The molecule has 0 aliphatic rings. The Kier molecular flexibility index (Phi) is 5.90. The number of carbonyl (C=O) groups excluding carboxylic acids is 1. The molecule has 0 saturated heterocycles. The monoisotopic (exact) mass is 437 g/mol. The van der Waals surface area contributed by atoms with E-state index in [0.29, 0.717) is 10.7 Å². The molecule has 1 aromatic heterocycles. The van der Waals surface area contributed by atoms with Gasteiger partial charge in [0.2, 0.25) is 11.6 Å². The fraction of sp³-hybridized carbons (Fsp3) is 0.286. The zero-order chi connectivity index (χ0) is 22.2. The van der Waals surface area contributed by atoms with Gasteiger partial charge in [-0.05, 0) is 61.7 Å². The van der Waals surface area contributed by atoms with Crippen LogP contribution < -0.4 is 10.9 Å². The number of hydrogen-bond donors (Lipinski definition) is 1. The van der Waals surface area contributed by atoms with Crippen molar-refractivity contribution in [3.63, 3.8) is 0 Å². The van der Waals surface area contributed by atoms with Crippen LogP contribution in [0.5, 0.6) is 0 Å². The smallest absolute Gasteiger partial charge is 0.324 e. The summed E-state index contributed by atoms with van der Waals surface area (Å²) in [6, 6.07) is 8.24. The highest BCUT2D eigenvalue weighted by molar-refractivity contribution is 6.30. The molecule has 0 fully saturated rings. The van der Waals surface area contributed by atoms with Gasteiger partial charge in [0.15, 0.2) is 0 Å². The molecule has 158 valence electrons. The van der Waals surface area contributed by atoms with Crippen LogP contribution in [-0.4, -0.2) is 15.5 Å². The Labute approximate surface area is 175 Å². The molecule has 3 rings (SSSR count). The zero-order valence-corrected chi connectivity index (χ0v) is 17.2. The molecule has 5 nitrogen and oxygen atoms in total. The van der Waals surface area contributed by atoms with Gasteiger partial charge in [0.05, 0.1) is 11.0 Å². The number of halogens is 4. The first-order valence-electron chi connectivity index (χ1n) is 9.20. The van der Waals surface area contributed by atoms with Crippen molar-refractivity contribution in [2.45, 2.75) is 39.4 Å². The standard InChI is InChI=1S/C21H19ClF3N3O2/c1-4-16(19(29)26-14-7-5-6-13(22)10-14)28-17-9-12(3)11(2)8-15(17)27-18(20(28)30)21(23,24)25/h5-10,16H,4H2,1-3H3,(H,26,29)/t16-/m0/s1. The SMILES string of the molecule is CC[C@@H](C(=O)Nc1cccc(Cl)c1)n1c(=O)c(C(F)(F)F)nc2cc(C)c(C)cc21. The van der Waals surface area contributed by atoms with Crippen LogP contribution in [0.3, 0.4) is 0 Å². The molecule has 0 aliphatic carbocycles. The number of benzene rings is 2. The third kappa shape index (κ3) is 4.18. The summed E-state index contributed by atoms with van der Waals surface area (Å²) in [6.07, 6.45) is -4.86. The molecule has 0 radical (unpaired) electrons. The number of nitrogens with one attached hydrogen (secondary N) is 1. The fourth-order valence-corrected chi connectivity index (χ4v) is 3.42. The normalized spacial score (nSPS) is 12.8. The molecular weight excluding hydrogens is 419 g/mol. The Morgan fingerprint density at radius 2 is 1.87 bits per heavy atom. The van der Waals surface area contributed by atoms with Crippen LogP contribution in [0, 0.1) is 13.8 Å². The van der Waals surface area contributed by atoms with Crippen LogP contribution in [0.15, 0.2) is 41.2 Å². The number of nitrogens with zero attached hydrogens (tertiary/aromatic N) is 2. The van der Waals surface area contributed by atoms with Crippen LogP contribution in [0.25, 0.3) is 11.0 Å². The first-order chi connectivity index (χ1) is 14.0. The van der Waals surface area contributed by atoms with E-state index in [1.54, 1.807) is 45.0 Å². The lowest BCUT2D eigenvalue weighted by Gasteiger charge is -2.22. The first kappa shape index (κ1) is 21.8. The third-order valence-electron chi connectivity index (χ3n) is 4.87. The van der Waals surface area contributed by atoms with E-state index in [4.69, 9.17) is 11.6 Å². The van der Waals surface area contributed by atoms with E-state index in [9.17, 15) is 22.8 Å². The van der Waals surface area contributed by atoms with Crippen molar-refractivity contribution in [2.24, 2.45) is 0 Å². The Bertz CT molecular complexity index is 1190. The summed E-state index contributed by atoms with van der Waals surface area (Å²) in [5.41, 5.74) is -0.866. The van der Waals surface area contributed by atoms with Gasteiger partial charge in [0, 0.05) is 10.7 Å². The molecule has 0 saturated carbocycles. The predicted octanol–water partition coefficient (Wildman–Crippen LogP) is 5.28. The molecule has 9 heteroatoms. The number of fused-ring (bicyclic) bond motifs is 1. The van der Waals surface area contributed by atoms with Gasteiger partial charge in [-0.2, -0.15) is 13.2 Å². The maximum absolute atomic E-state index is 13.5. The Balaban J connectivity index is 2.22. The average Bonchev–Trinajstić information content (AvgIpc) is 2.64. The quantitative estimate of drug-likeness (QED) is 0.604. The lowest BCUT2D eigenvalue weighted by atomic mass is 10.1. The molecule has 0 unspecified atom stereocenters. The molecule has 0 bridgehead atoms. The Hall–Kier alpha value is -2.87. The summed E-state index contributed by atoms with van der Waals surface area (Å²) in [7, 11) is 0. The number of alkyl halides is 3. The Morgan fingerprint density at radius 1 is 1.20 bits per heavy atom. The minimum atomic E-state index is -4.95. The summed E-state index contributed by atoms with van der Waals surface area (Å²) in [6.45, 7) is 5.13. The van der Waals surface area contributed by atoms with Gasteiger partial charge in [-0.25, -0.2) is 4.98 Å². The van der Waals surface area contributed by atoms with Gasteiger partial charge in [-0.15, -0.1) is 0 Å². The second-order valence-corrected chi connectivity index (χ2v) is 7.42. The van der Waals surface area contributed by atoms with Gasteiger partial charge < -0.3 is 5.32 Å². The second-order valence-electron chi connectivity index (χ2n) is 6.98. The first-order valence-corrected chi connectivity index (χ1v) is 9.57. The molecule has 0 spiro atoms. The maximum atomic E-state index is 13.5. The van der Waals surface area contributed by atoms with E-state index in [-0.39, 0.29) is 17.5 Å². The van der Waals surface area contributed by atoms with Crippen molar-refractivity contribution in [2.75, 3.05) is 5.32 Å². The van der Waals surface area contributed by atoms with E-state index in [1.165, 1.54) is 12.1 Å². The molecule has 0 aliphatic heterocycles. The van der Waals surface area contributed by atoms with Crippen molar-refractivity contribution in [1.82, 2.24) is 9.55 Å². The van der Waals surface area contributed by atoms with Crippen molar-refractivity contribution in [3.05, 3.63) is 68.6 Å². The molecular formula is C21H19ClF3N3O2. The van der Waals surface area contributed by atoms with Crippen LogP contribution in [0.4, 0.5) is 18.9 Å². The van der Waals surface area contributed by atoms with Gasteiger partial charge in [0.25, 0.3) is 5.56 Å². The van der Waals surface area contributed by atoms with Crippen molar-refractivity contribution < 1.29 is 18.0 Å². The van der Waals surface area contributed by atoms with Gasteiger partial charge in [0.1, 0.15) is 6.04 Å². The molecule has 1 heterocycles. The molecule has 2 aromatic carbocycles. The topological polar surface area (TPSA) is 64.0 Å². The number of rotatable bonds is 4. The highest BCUT2D eigenvalue weighted by Gasteiger charge is 2.38. The average molecular weight is 438 g/mol. The van der Waals surface area contributed by atoms with E-state index in [0.717, 1.165) is 15.7 Å². The fourth-order valence-electron chi connectivity index (χ4n) is 3.23. The van der Waals surface area contributed by atoms with Gasteiger partial charge >= 0.3 is 6.18 Å². The van der Waals surface area contributed by atoms with Crippen LogP contribution in [-0.2, 0) is 11.0 Å². The highest BCUT2D eigenvalue weighted by atomic mass is 35.5. The third-order valence-corrected chi connectivity index (χ3v) is 5.10. The number of aryl methyl sites for hydroxylation is 2. The van der Waals surface area contributed by atoms with E-state index in [2.05, 4.69) is 10.3 Å². The number of hydrogen-bond acceptors (Lipinski definition) is 3. The number of amides is 1. The lowest BCUT2D eigenvalue weighted by molar-refractivity contribution is -0.142. The van der Waals surface area contributed by atoms with E-state index in [1.807, 2.05) is 0 Å². The van der Waals surface area contributed by atoms with Crippen molar-refractivity contribution in [1.29, 1.82) is 0 Å². The summed E-state index contributed by atoms with van der Waals surface area (Å²) in [5, 5.41) is 3.01. The van der Waals surface area contributed by atoms with Gasteiger partial charge in [-0.3, -0.25) is 14.2 Å². The van der Waals surface area contributed by atoms with E-state index >= 15 is 0 Å².